The van der Waals surface area contributed by atoms with Gasteiger partial charge in [-0.25, -0.2) is 4.68 Å². The molecule has 188 valence electrons. The second-order valence-electron chi connectivity index (χ2n) is 10.4. The maximum atomic E-state index is 12.8. The monoisotopic (exact) mass is 515 g/mol. The third-order valence-corrected chi connectivity index (χ3v) is 8.16. The molecule has 1 unspecified atom stereocenters. The summed E-state index contributed by atoms with van der Waals surface area (Å²) >= 11 is 6.11. The molecule has 2 aliphatic carbocycles. The van der Waals surface area contributed by atoms with Crippen LogP contribution in [-0.4, -0.2) is 44.4 Å². The standard InChI is InChI=1S/C27H26ClN7O2/c1-14-5-21(34-12-18-8-23(18)27(34)37)11-30-25(14)15(2)35-13-24(32-33-35)26(36)31-20-6-17(7-20)22-9-19(28)4-3-16(22)10-29/h3-5,9,11,13,15,17-18,20,23H,6-8,12H2,1-2H3,(H,31,36)/t15?,17-,18-,20+,23-/m1/s1. The molecule has 1 saturated heterocycles. The van der Waals surface area contributed by atoms with Crippen LogP contribution in [0.5, 0.6) is 0 Å². The van der Waals surface area contributed by atoms with Gasteiger partial charge in [-0.15, -0.1) is 5.10 Å². The molecule has 1 aliphatic heterocycles. The fourth-order valence-electron chi connectivity index (χ4n) is 5.58. The summed E-state index contributed by atoms with van der Waals surface area (Å²) in [4.78, 5) is 31.7. The van der Waals surface area contributed by atoms with Crippen LogP contribution in [0.25, 0.3) is 0 Å². The second-order valence-corrected chi connectivity index (χ2v) is 10.8. The van der Waals surface area contributed by atoms with Crippen molar-refractivity contribution >= 4 is 29.1 Å². The Morgan fingerprint density at radius 2 is 2.08 bits per heavy atom. The number of nitrogens with zero attached hydrogens (tertiary/aromatic N) is 6. The molecule has 1 aromatic carbocycles. The maximum Gasteiger partial charge on any atom is 0.273 e. The van der Waals surface area contributed by atoms with E-state index in [2.05, 4.69) is 26.7 Å². The van der Waals surface area contributed by atoms with E-state index in [-0.39, 0.29) is 41.4 Å². The molecule has 2 amide bonds. The van der Waals surface area contributed by atoms with Crippen LogP contribution >= 0.6 is 11.6 Å². The Morgan fingerprint density at radius 3 is 2.78 bits per heavy atom. The van der Waals surface area contributed by atoms with E-state index in [0.29, 0.717) is 16.5 Å². The number of aromatic nitrogens is 4. The first-order valence-corrected chi connectivity index (χ1v) is 12.9. The zero-order chi connectivity index (χ0) is 25.8. The Balaban J connectivity index is 1.08. The molecule has 37 heavy (non-hydrogen) atoms. The quantitative estimate of drug-likeness (QED) is 0.534. The largest absolute Gasteiger partial charge is 0.348 e. The van der Waals surface area contributed by atoms with Gasteiger partial charge in [-0.3, -0.25) is 14.6 Å². The number of fused-ring (bicyclic) bond motifs is 1. The number of benzene rings is 1. The van der Waals surface area contributed by atoms with E-state index in [1.165, 1.54) is 0 Å². The van der Waals surface area contributed by atoms with Crippen LogP contribution in [0.1, 0.15) is 71.0 Å². The number of pyridine rings is 1. The fourth-order valence-corrected chi connectivity index (χ4v) is 5.76. The van der Waals surface area contributed by atoms with Crippen molar-refractivity contribution in [3.05, 3.63) is 69.8 Å². The van der Waals surface area contributed by atoms with Gasteiger partial charge in [0.1, 0.15) is 0 Å². The average molecular weight is 516 g/mol. The number of carbonyl (C=O) groups is 2. The summed E-state index contributed by atoms with van der Waals surface area (Å²) in [6, 6.07) is 9.28. The normalized spacial score (nSPS) is 24.7. The van der Waals surface area contributed by atoms with Crippen LogP contribution in [0.4, 0.5) is 5.69 Å². The van der Waals surface area contributed by atoms with Crippen molar-refractivity contribution in [2.24, 2.45) is 11.8 Å². The number of hydrogen-bond acceptors (Lipinski definition) is 6. The summed E-state index contributed by atoms with van der Waals surface area (Å²) < 4.78 is 1.63. The van der Waals surface area contributed by atoms with E-state index in [0.717, 1.165) is 48.3 Å². The number of piperidine rings is 1. The summed E-state index contributed by atoms with van der Waals surface area (Å²) in [5.41, 5.74) is 4.40. The first-order chi connectivity index (χ1) is 17.8. The van der Waals surface area contributed by atoms with Crippen LogP contribution in [-0.2, 0) is 4.79 Å². The predicted molar refractivity (Wildman–Crippen MR) is 136 cm³/mol. The van der Waals surface area contributed by atoms with Crippen molar-refractivity contribution < 1.29 is 9.59 Å². The van der Waals surface area contributed by atoms with Gasteiger partial charge in [0.15, 0.2) is 5.69 Å². The molecular weight excluding hydrogens is 490 g/mol. The highest BCUT2D eigenvalue weighted by molar-refractivity contribution is 6.30. The SMILES string of the molecule is Cc1cc(N2C[C@H]3C[C@H]3C2=O)cnc1C(C)n1cc(C(=O)N[C@H]2C[C@@H](c3cc(Cl)ccc3C#N)C2)nn1. The van der Waals surface area contributed by atoms with Crippen LogP contribution in [0.2, 0.25) is 5.02 Å². The molecule has 3 heterocycles. The highest BCUT2D eigenvalue weighted by Crippen LogP contribution is 2.47. The van der Waals surface area contributed by atoms with Crippen molar-refractivity contribution in [2.75, 3.05) is 11.4 Å². The second kappa shape index (κ2) is 8.96. The number of nitriles is 1. The zero-order valence-corrected chi connectivity index (χ0v) is 21.3. The van der Waals surface area contributed by atoms with Crippen molar-refractivity contribution in [1.82, 2.24) is 25.3 Å². The van der Waals surface area contributed by atoms with Gasteiger partial charge < -0.3 is 10.2 Å². The average Bonchev–Trinajstić information content (AvgIpc) is 3.31. The minimum atomic E-state index is -0.278. The summed E-state index contributed by atoms with van der Waals surface area (Å²) in [6.07, 6.45) is 5.87. The van der Waals surface area contributed by atoms with Gasteiger partial charge in [-0.1, -0.05) is 16.8 Å². The van der Waals surface area contributed by atoms with E-state index >= 15 is 0 Å². The van der Waals surface area contributed by atoms with Crippen molar-refractivity contribution in [3.63, 3.8) is 0 Å². The molecule has 2 aromatic heterocycles. The minimum Gasteiger partial charge on any atom is -0.348 e. The molecule has 0 spiro atoms. The van der Waals surface area contributed by atoms with Crippen molar-refractivity contribution in [3.8, 4) is 6.07 Å². The molecule has 2 saturated carbocycles. The highest BCUT2D eigenvalue weighted by atomic mass is 35.5. The van der Waals surface area contributed by atoms with E-state index in [1.807, 2.05) is 30.9 Å². The lowest BCUT2D eigenvalue weighted by molar-refractivity contribution is -0.118. The fraction of sp³-hybridized carbons (Fsp3) is 0.407. The third kappa shape index (κ3) is 4.25. The number of nitrogens with one attached hydrogen (secondary N) is 1. The van der Waals surface area contributed by atoms with Gasteiger partial charge in [0.2, 0.25) is 5.91 Å². The number of aryl methyl sites for hydroxylation is 1. The Hall–Kier alpha value is -3.77. The lowest BCUT2D eigenvalue weighted by Crippen LogP contribution is -2.43. The number of amides is 2. The summed E-state index contributed by atoms with van der Waals surface area (Å²) in [7, 11) is 0. The molecule has 10 heteroatoms. The van der Waals surface area contributed by atoms with E-state index in [4.69, 9.17) is 11.6 Å². The molecule has 0 bridgehead atoms. The Labute approximate surface area is 219 Å². The van der Waals surface area contributed by atoms with E-state index in [9.17, 15) is 14.9 Å². The highest BCUT2D eigenvalue weighted by Gasteiger charge is 2.52. The van der Waals surface area contributed by atoms with Crippen LogP contribution in [0, 0.1) is 30.1 Å². The Morgan fingerprint density at radius 1 is 1.27 bits per heavy atom. The molecule has 6 rings (SSSR count). The molecule has 9 nitrogen and oxygen atoms in total. The molecule has 0 radical (unpaired) electrons. The smallest absolute Gasteiger partial charge is 0.273 e. The zero-order valence-electron chi connectivity index (χ0n) is 20.6. The van der Waals surface area contributed by atoms with E-state index in [1.54, 1.807) is 29.2 Å². The summed E-state index contributed by atoms with van der Waals surface area (Å²) in [5, 5.41) is 21.2. The van der Waals surface area contributed by atoms with Gasteiger partial charge in [-0.05, 0) is 80.3 Å². The van der Waals surface area contributed by atoms with Crippen molar-refractivity contribution in [2.45, 2.75) is 51.1 Å². The lowest BCUT2D eigenvalue weighted by Gasteiger charge is -2.36. The maximum absolute atomic E-state index is 12.8. The van der Waals surface area contributed by atoms with Crippen LogP contribution in [0.3, 0.4) is 0 Å². The van der Waals surface area contributed by atoms with Crippen molar-refractivity contribution in [1.29, 1.82) is 5.26 Å². The molecular formula is C27H26ClN7O2. The van der Waals surface area contributed by atoms with Gasteiger partial charge in [0.25, 0.3) is 5.91 Å². The van der Waals surface area contributed by atoms with Crippen LogP contribution < -0.4 is 10.2 Å². The molecule has 3 atom stereocenters. The first kappa shape index (κ1) is 23.6. The van der Waals surface area contributed by atoms with Gasteiger partial charge in [0.05, 0.1) is 41.4 Å². The van der Waals surface area contributed by atoms with E-state index < -0.39 is 0 Å². The van der Waals surface area contributed by atoms with Gasteiger partial charge >= 0.3 is 0 Å². The number of halogens is 1. The minimum absolute atomic E-state index is 0.00129. The number of hydrogen-bond donors (Lipinski definition) is 1. The Kier molecular flexibility index (Phi) is 5.72. The molecule has 1 N–H and O–H groups in total. The summed E-state index contributed by atoms with van der Waals surface area (Å²) in [5.74, 6) is 0.822. The van der Waals surface area contributed by atoms with Gasteiger partial charge in [-0.2, -0.15) is 5.26 Å². The lowest BCUT2D eigenvalue weighted by atomic mass is 9.74. The number of rotatable bonds is 6. The van der Waals surface area contributed by atoms with Gasteiger partial charge in [0, 0.05) is 23.5 Å². The molecule has 3 fully saturated rings. The first-order valence-electron chi connectivity index (χ1n) is 12.5. The molecule has 3 aromatic rings. The Bertz CT molecular complexity index is 1460. The third-order valence-electron chi connectivity index (χ3n) is 7.92. The number of carbonyl (C=O) groups excluding carboxylic acids is 2. The topological polar surface area (TPSA) is 117 Å². The summed E-state index contributed by atoms with van der Waals surface area (Å²) in [6.45, 7) is 4.70. The number of anilines is 1. The van der Waals surface area contributed by atoms with Crippen LogP contribution in [0.15, 0.2) is 36.7 Å². The predicted octanol–water partition coefficient (Wildman–Crippen LogP) is 3.77. The molecule has 3 aliphatic rings.